The molecule has 0 amide bonds. The summed E-state index contributed by atoms with van der Waals surface area (Å²) in [6, 6.07) is 14.1. The van der Waals surface area contributed by atoms with Crippen LogP contribution in [0.5, 0.6) is 5.88 Å². The fourth-order valence-corrected chi connectivity index (χ4v) is 5.76. The van der Waals surface area contributed by atoms with Crippen molar-refractivity contribution in [3.05, 3.63) is 60.0 Å². The second-order valence-corrected chi connectivity index (χ2v) is 10.5. The topological polar surface area (TPSA) is 147 Å². The number of likely N-dealkylation sites (tertiary alicyclic amines) is 1. The highest BCUT2D eigenvalue weighted by atomic mass is 16.5. The Kier molecular flexibility index (Phi) is 6.15. The number of pyridine rings is 1. The van der Waals surface area contributed by atoms with Crippen molar-refractivity contribution in [1.82, 2.24) is 34.6 Å². The molecule has 6 aromatic rings. The van der Waals surface area contributed by atoms with Gasteiger partial charge in [0.1, 0.15) is 29.5 Å². The molecule has 2 aromatic carbocycles. The van der Waals surface area contributed by atoms with Crippen LogP contribution in [0.25, 0.3) is 44.2 Å². The van der Waals surface area contributed by atoms with Crippen molar-refractivity contribution >= 4 is 44.7 Å². The Morgan fingerprint density at radius 3 is 2.71 bits per heavy atom. The molecule has 208 valence electrons. The lowest BCUT2D eigenvalue weighted by atomic mass is 10.1. The predicted octanol–water partition coefficient (Wildman–Crippen LogP) is 4.57. The Morgan fingerprint density at radius 1 is 1.02 bits per heavy atom. The van der Waals surface area contributed by atoms with E-state index in [1.54, 1.807) is 0 Å². The van der Waals surface area contributed by atoms with E-state index < -0.39 is 0 Å². The predicted molar refractivity (Wildman–Crippen MR) is 158 cm³/mol. The molecule has 5 heterocycles. The van der Waals surface area contributed by atoms with Gasteiger partial charge in [0.25, 0.3) is 6.01 Å². The van der Waals surface area contributed by atoms with Gasteiger partial charge in [0, 0.05) is 24.0 Å². The third-order valence-corrected chi connectivity index (χ3v) is 7.89. The second kappa shape index (κ2) is 10.0. The third-order valence-electron chi connectivity index (χ3n) is 7.89. The van der Waals surface area contributed by atoms with Crippen molar-refractivity contribution in [2.45, 2.75) is 39.3 Å². The summed E-state index contributed by atoms with van der Waals surface area (Å²) in [5.74, 6) is 1.02. The average Bonchev–Trinajstić information content (AvgIpc) is 3.53. The Balaban J connectivity index is 1.29. The van der Waals surface area contributed by atoms with Gasteiger partial charge >= 0.3 is 0 Å². The van der Waals surface area contributed by atoms with E-state index in [1.807, 2.05) is 22.9 Å². The van der Waals surface area contributed by atoms with E-state index >= 15 is 0 Å². The van der Waals surface area contributed by atoms with Gasteiger partial charge in [0.15, 0.2) is 11.2 Å². The Bertz CT molecular complexity index is 1900. The minimum absolute atomic E-state index is 0.113. The van der Waals surface area contributed by atoms with Gasteiger partial charge in [0.2, 0.25) is 5.88 Å². The summed E-state index contributed by atoms with van der Waals surface area (Å²) in [5, 5.41) is 7.74. The number of piperidine rings is 1. The van der Waals surface area contributed by atoms with Crippen LogP contribution in [-0.2, 0) is 6.54 Å². The number of oxazole rings is 1. The summed E-state index contributed by atoms with van der Waals surface area (Å²) in [6.45, 7) is 7.82. The van der Waals surface area contributed by atoms with Crippen LogP contribution in [0.1, 0.15) is 31.0 Å². The molecule has 41 heavy (non-hydrogen) atoms. The highest BCUT2D eigenvalue weighted by Gasteiger charge is 2.23. The molecule has 1 aliphatic heterocycles. The summed E-state index contributed by atoms with van der Waals surface area (Å²) in [5.41, 5.74) is 17.4. The Hall–Kier alpha value is -4.77. The largest absolute Gasteiger partial charge is 0.474 e. The molecule has 0 spiro atoms. The SMILES string of the molecule is CCN1CCC(Oc2nc(Cn3nc(-c4ccc5oc(N)nc5c4)c4c(N)ncnc43)cc3cccc(C)c23)CC1. The maximum Gasteiger partial charge on any atom is 0.292 e. The number of rotatable bonds is 6. The number of hydrogen-bond donors (Lipinski definition) is 2. The number of fused-ring (bicyclic) bond motifs is 3. The number of ether oxygens (including phenoxy) is 1. The third kappa shape index (κ3) is 4.57. The van der Waals surface area contributed by atoms with Crippen molar-refractivity contribution in [3.63, 3.8) is 0 Å². The number of nitrogen functional groups attached to an aromatic ring is 2. The van der Waals surface area contributed by atoms with Gasteiger partial charge in [-0.1, -0.05) is 25.1 Å². The Morgan fingerprint density at radius 2 is 1.88 bits per heavy atom. The normalized spacial score (nSPS) is 14.9. The lowest BCUT2D eigenvalue weighted by Gasteiger charge is -2.31. The van der Waals surface area contributed by atoms with Gasteiger partial charge in [-0.15, -0.1) is 0 Å². The van der Waals surface area contributed by atoms with Crippen molar-refractivity contribution in [3.8, 4) is 17.1 Å². The molecule has 7 rings (SSSR count). The molecule has 0 aliphatic carbocycles. The van der Waals surface area contributed by atoms with Crippen LogP contribution in [0.3, 0.4) is 0 Å². The van der Waals surface area contributed by atoms with Gasteiger partial charge in [-0.05, 0) is 61.5 Å². The molecular weight excluding hydrogens is 518 g/mol. The molecule has 1 saturated heterocycles. The number of nitrogens with two attached hydrogens (primary N) is 2. The van der Waals surface area contributed by atoms with Crippen LogP contribution < -0.4 is 16.2 Å². The van der Waals surface area contributed by atoms with Crippen LogP contribution in [0, 0.1) is 6.92 Å². The first-order chi connectivity index (χ1) is 20.0. The van der Waals surface area contributed by atoms with Gasteiger partial charge in [-0.2, -0.15) is 10.1 Å². The maximum atomic E-state index is 6.61. The zero-order valence-corrected chi connectivity index (χ0v) is 23.0. The molecule has 4 aromatic heterocycles. The second-order valence-electron chi connectivity index (χ2n) is 10.5. The highest BCUT2D eigenvalue weighted by Crippen LogP contribution is 2.34. The molecule has 0 saturated carbocycles. The number of benzene rings is 2. The fourth-order valence-electron chi connectivity index (χ4n) is 5.76. The van der Waals surface area contributed by atoms with Crippen LogP contribution in [-0.4, -0.2) is 60.4 Å². The van der Waals surface area contributed by atoms with Crippen molar-refractivity contribution in [2.24, 2.45) is 0 Å². The summed E-state index contributed by atoms with van der Waals surface area (Å²) in [4.78, 5) is 20.6. The van der Waals surface area contributed by atoms with Crippen molar-refractivity contribution in [2.75, 3.05) is 31.1 Å². The molecule has 0 unspecified atom stereocenters. The van der Waals surface area contributed by atoms with Crippen LogP contribution >= 0.6 is 0 Å². The molecule has 11 heteroatoms. The number of aromatic nitrogens is 6. The lowest BCUT2D eigenvalue weighted by molar-refractivity contribution is 0.101. The van der Waals surface area contributed by atoms with Crippen LogP contribution in [0.2, 0.25) is 0 Å². The van der Waals surface area contributed by atoms with E-state index in [9.17, 15) is 0 Å². The minimum atomic E-state index is 0.113. The number of hydrogen-bond acceptors (Lipinski definition) is 10. The highest BCUT2D eigenvalue weighted by molar-refractivity contribution is 5.99. The summed E-state index contributed by atoms with van der Waals surface area (Å²) >= 11 is 0. The molecular formula is C30H31N9O2. The maximum absolute atomic E-state index is 6.61. The van der Waals surface area contributed by atoms with E-state index in [4.69, 9.17) is 30.7 Å². The van der Waals surface area contributed by atoms with Crippen LogP contribution in [0.15, 0.2) is 53.2 Å². The minimum Gasteiger partial charge on any atom is -0.474 e. The summed E-state index contributed by atoms with van der Waals surface area (Å²) in [6.07, 6.45) is 3.56. The summed E-state index contributed by atoms with van der Waals surface area (Å²) < 4.78 is 13.9. The van der Waals surface area contributed by atoms with Gasteiger partial charge in [-0.25, -0.2) is 19.6 Å². The smallest absolute Gasteiger partial charge is 0.292 e. The molecule has 0 atom stereocenters. The van der Waals surface area contributed by atoms with Gasteiger partial charge in [0.05, 0.1) is 17.6 Å². The molecule has 1 fully saturated rings. The first-order valence-corrected chi connectivity index (χ1v) is 13.9. The standard InChI is InChI=1S/C30H31N9O2/c1-3-38-11-9-21(10-12-38)40-29-24-17(2)5-4-6-18(24)13-20(35-29)15-39-28-25(27(31)33-16-34-28)26(37-39)19-7-8-23-22(14-19)36-30(32)41-23/h4-8,13-14,16,21H,3,9-12,15H2,1-2H3,(H2,32,36)(H2,31,33,34). The van der Waals surface area contributed by atoms with E-state index in [0.717, 1.165) is 60.1 Å². The van der Waals surface area contributed by atoms with Crippen molar-refractivity contribution in [1.29, 1.82) is 0 Å². The van der Waals surface area contributed by atoms with Crippen LogP contribution in [0.4, 0.5) is 11.8 Å². The molecule has 0 radical (unpaired) electrons. The van der Waals surface area contributed by atoms with Crippen molar-refractivity contribution < 1.29 is 9.15 Å². The Labute approximate surface area is 236 Å². The molecule has 1 aliphatic rings. The number of aryl methyl sites for hydroxylation is 1. The van der Waals surface area contributed by atoms with E-state index in [1.165, 1.54) is 6.33 Å². The monoisotopic (exact) mass is 549 g/mol. The quantitative estimate of drug-likeness (QED) is 0.303. The average molecular weight is 550 g/mol. The van der Waals surface area contributed by atoms with E-state index in [2.05, 4.69) is 58.0 Å². The molecule has 4 N–H and O–H groups in total. The zero-order valence-electron chi connectivity index (χ0n) is 23.0. The van der Waals surface area contributed by atoms with E-state index in [-0.39, 0.29) is 12.1 Å². The molecule has 0 bridgehead atoms. The van der Waals surface area contributed by atoms with Gasteiger partial charge in [-0.3, -0.25) is 0 Å². The zero-order chi connectivity index (χ0) is 28.1. The fraction of sp³-hybridized carbons (Fsp3) is 0.300. The van der Waals surface area contributed by atoms with E-state index in [0.29, 0.717) is 46.1 Å². The first-order valence-electron chi connectivity index (χ1n) is 13.9. The van der Waals surface area contributed by atoms with Gasteiger partial charge < -0.3 is 25.5 Å². The molecule has 11 nitrogen and oxygen atoms in total. The number of anilines is 2. The number of nitrogens with zero attached hydrogens (tertiary/aromatic N) is 7. The lowest BCUT2D eigenvalue weighted by Crippen LogP contribution is -2.38. The summed E-state index contributed by atoms with van der Waals surface area (Å²) in [7, 11) is 0. The first kappa shape index (κ1) is 25.2.